The summed E-state index contributed by atoms with van der Waals surface area (Å²) in [6.07, 6.45) is -1.23. The number of alkyl halides is 3. The quantitative estimate of drug-likeness (QED) is 0.183. The van der Waals surface area contributed by atoms with Crippen molar-refractivity contribution in [2.24, 2.45) is 0 Å². The van der Waals surface area contributed by atoms with E-state index in [1.165, 1.54) is 35.0 Å². The first-order valence-corrected chi connectivity index (χ1v) is 11.6. The Kier molecular flexibility index (Phi) is 7.89. The lowest BCUT2D eigenvalue weighted by atomic mass is 10.2. The average molecular weight is 529 g/mol. The van der Waals surface area contributed by atoms with Crippen LogP contribution >= 0.6 is 0 Å². The van der Waals surface area contributed by atoms with E-state index in [4.69, 9.17) is 5.11 Å². The highest BCUT2D eigenvalue weighted by Gasteiger charge is 2.32. The molecule has 0 unspecified atom stereocenters. The largest absolute Gasteiger partial charge is 0.481 e. The molecule has 0 radical (unpaired) electrons. The van der Waals surface area contributed by atoms with Gasteiger partial charge in [0.05, 0.1) is 17.4 Å². The van der Waals surface area contributed by atoms with Crippen LogP contribution in [0.4, 0.5) is 29.1 Å². The Morgan fingerprint density at radius 1 is 1.00 bits per heavy atom. The number of rotatable bonds is 10. The van der Waals surface area contributed by atoms with E-state index in [1.54, 1.807) is 18.2 Å². The fourth-order valence-electron chi connectivity index (χ4n) is 3.85. The van der Waals surface area contributed by atoms with Crippen LogP contribution in [0.1, 0.15) is 40.9 Å². The minimum Gasteiger partial charge on any atom is -0.481 e. The summed E-state index contributed by atoms with van der Waals surface area (Å²) in [7, 11) is 0. The normalized spacial score (nSPS) is 11.5. The lowest BCUT2D eigenvalue weighted by Crippen LogP contribution is -2.18. The Morgan fingerprint density at radius 3 is 2.50 bits per heavy atom. The Morgan fingerprint density at radius 2 is 1.82 bits per heavy atom. The number of hydrogen-bond acceptors (Lipinski definition) is 5. The summed E-state index contributed by atoms with van der Waals surface area (Å²) in [4.78, 5) is 31.9. The first-order valence-electron chi connectivity index (χ1n) is 11.6. The fraction of sp³-hybridized carbons (Fsp3) is 0.231. The van der Waals surface area contributed by atoms with E-state index in [1.807, 2.05) is 0 Å². The molecular weight excluding hydrogens is 506 g/mol. The number of carbonyl (C=O) groups is 2. The average Bonchev–Trinajstić information content (AvgIpc) is 3.22. The van der Waals surface area contributed by atoms with Gasteiger partial charge in [-0.25, -0.2) is 14.4 Å². The Labute approximate surface area is 214 Å². The first kappa shape index (κ1) is 26.6. The molecule has 1 aromatic carbocycles. The maximum absolute atomic E-state index is 13.8. The van der Waals surface area contributed by atoms with Gasteiger partial charge in [-0.3, -0.25) is 9.59 Å². The zero-order chi connectivity index (χ0) is 27.3. The molecule has 0 saturated heterocycles. The maximum Gasteiger partial charge on any atom is 0.417 e. The molecule has 0 spiro atoms. The molecule has 0 fully saturated rings. The van der Waals surface area contributed by atoms with Crippen LogP contribution in [0, 0.1) is 5.82 Å². The highest BCUT2D eigenvalue weighted by Crippen LogP contribution is 2.32. The number of carboxylic acid groups (broad SMARTS) is 1. The van der Waals surface area contributed by atoms with E-state index in [9.17, 15) is 27.2 Å². The van der Waals surface area contributed by atoms with Gasteiger partial charge in [-0.2, -0.15) is 13.2 Å². The summed E-state index contributed by atoms with van der Waals surface area (Å²) >= 11 is 0. The summed E-state index contributed by atoms with van der Waals surface area (Å²) < 4.78 is 54.9. The standard InChI is InChI=1S/C26H23F4N5O3/c27-19-5-3-4-16(10-19)15-35-21(12-17-11-18(26(28,29)30)13-33-24(17)35)25(38)34-20-7-8-22(32-14-20)31-9-2-1-6-23(36)37/h3-5,7-8,10-14H,1-2,6,9,15H2,(H,31,32)(H,34,38)(H,36,37). The number of aromatic nitrogens is 3. The van der Waals surface area contributed by atoms with Crippen molar-refractivity contribution in [3.63, 3.8) is 0 Å². The van der Waals surface area contributed by atoms with Crippen LogP contribution in [-0.2, 0) is 17.5 Å². The van der Waals surface area contributed by atoms with Crippen molar-refractivity contribution in [1.82, 2.24) is 14.5 Å². The van der Waals surface area contributed by atoms with E-state index in [2.05, 4.69) is 20.6 Å². The van der Waals surface area contributed by atoms with Gasteiger partial charge in [-0.05, 0) is 54.8 Å². The Hall–Kier alpha value is -4.48. The first-order chi connectivity index (χ1) is 18.1. The van der Waals surface area contributed by atoms with Crippen LogP contribution in [0.3, 0.4) is 0 Å². The van der Waals surface area contributed by atoms with Gasteiger partial charge in [0.25, 0.3) is 5.91 Å². The minimum atomic E-state index is -4.61. The van der Waals surface area contributed by atoms with Gasteiger partial charge in [0.2, 0.25) is 0 Å². The number of carbonyl (C=O) groups excluding carboxylic acids is 1. The summed E-state index contributed by atoms with van der Waals surface area (Å²) in [5, 5.41) is 14.5. The van der Waals surface area contributed by atoms with Gasteiger partial charge in [-0.1, -0.05) is 12.1 Å². The number of carboxylic acids is 1. The molecule has 198 valence electrons. The number of benzene rings is 1. The van der Waals surface area contributed by atoms with Gasteiger partial charge in [0.15, 0.2) is 0 Å². The Bertz CT molecular complexity index is 1450. The van der Waals surface area contributed by atoms with E-state index in [0.717, 1.165) is 6.07 Å². The van der Waals surface area contributed by atoms with Gasteiger partial charge in [0.1, 0.15) is 23.0 Å². The third kappa shape index (κ3) is 6.64. The predicted octanol–water partition coefficient (Wildman–Crippen LogP) is 5.56. The summed E-state index contributed by atoms with van der Waals surface area (Å²) in [5.41, 5.74) is 0.0800. The predicted molar refractivity (Wildman–Crippen MR) is 132 cm³/mol. The third-order valence-electron chi connectivity index (χ3n) is 5.67. The number of nitrogens with zero attached hydrogens (tertiary/aromatic N) is 3. The van der Waals surface area contributed by atoms with Crippen LogP contribution in [0.15, 0.2) is 60.9 Å². The van der Waals surface area contributed by atoms with Crippen molar-refractivity contribution in [1.29, 1.82) is 0 Å². The van der Waals surface area contributed by atoms with E-state index >= 15 is 0 Å². The summed E-state index contributed by atoms with van der Waals surface area (Å²) in [5.74, 6) is -1.42. The van der Waals surface area contributed by atoms with Crippen LogP contribution in [-0.4, -0.2) is 38.1 Å². The van der Waals surface area contributed by atoms with Crippen LogP contribution < -0.4 is 10.6 Å². The molecule has 3 N–H and O–H groups in total. The van der Waals surface area contributed by atoms with Gasteiger partial charge in [0, 0.05) is 31.1 Å². The molecule has 4 rings (SSSR count). The van der Waals surface area contributed by atoms with Crippen LogP contribution in [0.25, 0.3) is 11.0 Å². The number of aliphatic carboxylic acids is 1. The number of unbranched alkanes of at least 4 members (excludes halogenated alkanes) is 1. The van der Waals surface area contributed by atoms with Crippen molar-refractivity contribution in [2.45, 2.75) is 32.0 Å². The second kappa shape index (κ2) is 11.3. The highest BCUT2D eigenvalue weighted by atomic mass is 19.4. The van der Waals surface area contributed by atoms with E-state index < -0.39 is 29.4 Å². The van der Waals surface area contributed by atoms with E-state index in [-0.39, 0.29) is 29.7 Å². The number of fused-ring (bicyclic) bond motifs is 1. The van der Waals surface area contributed by atoms with Crippen molar-refractivity contribution in [2.75, 3.05) is 17.2 Å². The number of halogens is 4. The Balaban J connectivity index is 1.54. The lowest BCUT2D eigenvalue weighted by Gasteiger charge is -2.12. The molecule has 0 aliphatic heterocycles. The number of amides is 1. The molecule has 0 aliphatic rings. The summed E-state index contributed by atoms with van der Waals surface area (Å²) in [6, 6.07) is 11.1. The van der Waals surface area contributed by atoms with Gasteiger partial charge >= 0.3 is 12.1 Å². The second-order valence-electron chi connectivity index (χ2n) is 8.54. The molecule has 38 heavy (non-hydrogen) atoms. The molecule has 0 saturated carbocycles. The molecule has 8 nitrogen and oxygen atoms in total. The van der Waals surface area contributed by atoms with Gasteiger partial charge < -0.3 is 20.3 Å². The number of hydrogen-bond donors (Lipinski definition) is 3. The number of pyridine rings is 2. The third-order valence-corrected chi connectivity index (χ3v) is 5.67. The SMILES string of the molecule is O=C(O)CCCCNc1ccc(NC(=O)c2cc3cc(C(F)(F)F)cnc3n2Cc2cccc(F)c2)cn1. The molecule has 1 amide bonds. The molecule has 3 heterocycles. The molecule has 4 aromatic rings. The van der Waals surface area contributed by atoms with Gasteiger partial charge in [-0.15, -0.1) is 0 Å². The molecule has 0 bridgehead atoms. The zero-order valence-electron chi connectivity index (χ0n) is 19.9. The van der Waals surface area contributed by atoms with Crippen molar-refractivity contribution >= 4 is 34.4 Å². The van der Waals surface area contributed by atoms with Crippen molar-refractivity contribution in [3.05, 3.63) is 83.6 Å². The lowest BCUT2D eigenvalue weighted by molar-refractivity contribution is -0.138. The smallest absolute Gasteiger partial charge is 0.417 e. The molecule has 0 atom stereocenters. The minimum absolute atomic E-state index is 0.00532. The summed E-state index contributed by atoms with van der Waals surface area (Å²) in [6.45, 7) is 0.532. The van der Waals surface area contributed by atoms with Crippen LogP contribution in [0.2, 0.25) is 0 Å². The monoisotopic (exact) mass is 529 g/mol. The highest BCUT2D eigenvalue weighted by molar-refractivity contribution is 6.06. The maximum atomic E-state index is 13.8. The number of anilines is 2. The van der Waals surface area contributed by atoms with Crippen LogP contribution in [0.5, 0.6) is 0 Å². The van der Waals surface area contributed by atoms with Crippen molar-refractivity contribution in [3.8, 4) is 0 Å². The molecule has 3 aromatic heterocycles. The molecule has 12 heteroatoms. The topological polar surface area (TPSA) is 109 Å². The molecule has 0 aliphatic carbocycles. The van der Waals surface area contributed by atoms with E-state index in [0.29, 0.717) is 42.7 Å². The number of nitrogens with one attached hydrogen (secondary N) is 2. The fourth-order valence-corrected chi connectivity index (χ4v) is 3.85. The zero-order valence-corrected chi connectivity index (χ0v) is 19.9. The molecular formula is C26H23F4N5O3. The van der Waals surface area contributed by atoms with Crippen molar-refractivity contribution < 1.29 is 32.3 Å². The second-order valence-corrected chi connectivity index (χ2v) is 8.54.